The minimum atomic E-state index is 0.398. The molecule has 0 aromatic carbocycles. The van der Waals surface area contributed by atoms with Crippen molar-refractivity contribution in [3.05, 3.63) is 0 Å². The SMILES string of the molecule is CCCN(CC1CC1)C(=O)CCC1CCCNC1. The summed E-state index contributed by atoms with van der Waals surface area (Å²) < 4.78 is 0. The number of nitrogens with one attached hydrogen (secondary N) is 1. The highest BCUT2D eigenvalue weighted by atomic mass is 16.2. The Hall–Kier alpha value is -0.570. The van der Waals surface area contributed by atoms with Crippen LogP contribution in [0.25, 0.3) is 0 Å². The molecule has 1 N–H and O–H groups in total. The van der Waals surface area contributed by atoms with Gasteiger partial charge in [0.25, 0.3) is 0 Å². The van der Waals surface area contributed by atoms with E-state index in [1.165, 1.54) is 25.7 Å². The first-order valence-corrected chi connectivity index (χ1v) is 7.78. The molecule has 1 aliphatic heterocycles. The summed E-state index contributed by atoms with van der Waals surface area (Å²) in [5.41, 5.74) is 0. The Balaban J connectivity index is 1.69. The maximum absolute atomic E-state index is 12.2. The molecule has 3 nitrogen and oxygen atoms in total. The number of rotatable bonds is 7. The number of piperidine rings is 1. The molecule has 1 heterocycles. The zero-order valence-electron chi connectivity index (χ0n) is 11.8. The number of hydrogen-bond acceptors (Lipinski definition) is 2. The van der Waals surface area contributed by atoms with Gasteiger partial charge in [-0.05, 0) is 63.5 Å². The number of carbonyl (C=O) groups is 1. The van der Waals surface area contributed by atoms with Crippen molar-refractivity contribution < 1.29 is 4.79 Å². The molecule has 1 amide bonds. The standard InChI is InChI=1S/C15H28N2O/c1-2-10-17(12-14-5-6-14)15(18)8-7-13-4-3-9-16-11-13/h13-14,16H,2-12H2,1H3. The summed E-state index contributed by atoms with van der Waals surface area (Å²) in [6.07, 6.45) is 8.18. The van der Waals surface area contributed by atoms with Crippen molar-refractivity contribution in [3.8, 4) is 0 Å². The first-order valence-electron chi connectivity index (χ1n) is 7.78. The van der Waals surface area contributed by atoms with Crippen molar-refractivity contribution in [2.45, 2.75) is 51.9 Å². The van der Waals surface area contributed by atoms with Crippen LogP contribution in [0.2, 0.25) is 0 Å². The number of nitrogens with zero attached hydrogens (tertiary/aromatic N) is 1. The lowest BCUT2D eigenvalue weighted by Crippen LogP contribution is -2.35. The third kappa shape index (κ3) is 4.60. The summed E-state index contributed by atoms with van der Waals surface area (Å²) in [5.74, 6) is 1.94. The van der Waals surface area contributed by atoms with Gasteiger partial charge in [-0.25, -0.2) is 0 Å². The third-order valence-corrected chi connectivity index (χ3v) is 4.19. The summed E-state index contributed by atoms with van der Waals surface area (Å²) in [4.78, 5) is 14.4. The molecule has 2 rings (SSSR count). The second kappa shape index (κ2) is 7.13. The van der Waals surface area contributed by atoms with E-state index < -0.39 is 0 Å². The van der Waals surface area contributed by atoms with Crippen molar-refractivity contribution in [3.63, 3.8) is 0 Å². The molecule has 1 saturated heterocycles. The van der Waals surface area contributed by atoms with Crippen LogP contribution in [0.4, 0.5) is 0 Å². The van der Waals surface area contributed by atoms with E-state index in [9.17, 15) is 4.79 Å². The number of amides is 1. The van der Waals surface area contributed by atoms with Gasteiger partial charge < -0.3 is 10.2 Å². The van der Waals surface area contributed by atoms with Crippen molar-refractivity contribution in [2.75, 3.05) is 26.2 Å². The first kappa shape index (κ1) is 13.9. The fraction of sp³-hybridized carbons (Fsp3) is 0.933. The highest BCUT2D eigenvalue weighted by molar-refractivity contribution is 5.76. The molecule has 104 valence electrons. The van der Waals surface area contributed by atoms with E-state index in [4.69, 9.17) is 0 Å². The normalized spacial score (nSPS) is 23.9. The predicted molar refractivity (Wildman–Crippen MR) is 74.4 cm³/mol. The molecular weight excluding hydrogens is 224 g/mol. The molecular formula is C15H28N2O. The Kier molecular flexibility index (Phi) is 5.48. The molecule has 18 heavy (non-hydrogen) atoms. The van der Waals surface area contributed by atoms with Crippen molar-refractivity contribution in [1.29, 1.82) is 0 Å². The van der Waals surface area contributed by atoms with E-state index in [0.29, 0.717) is 5.91 Å². The summed E-state index contributed by atoms with van der Waals surface area (Å²) in [5, 5.41) is 3.43. The Morgan fingerprint density at radius 3 is 2.72 bits per heavy atom. The van der Waals surface area contributed by atoms with Gasteiger partial charge in [0.05, 0.1) is 0 Å². The summed E-state index contributed by atoms with van der Waals surface area (Å²) in [6, 6.07) is 0. The maximum Gasteiger partial charge on any atom is 0.222 e. The average Bonchev–Trinajstić information content (AvgIpc) is 3.21. The van der Waals surface area contributed by atoms with Crippen LogP contribution in [0, 0.1) is 11.8 Å². The lowest BCUT2D eigenvalue weighted by atomic mass is 9.94. The number of hydrogen-bond donors (Lipinski definition) is 1. The van der Waals surface area contributed by atoms with E-state index in [2.05, 4.69) is 17.1 Å². The lowest BCUT2D eigenvalue weighted by molar-refractivity contribution is -0.131. The Morgan fingerprint density at radius 1 is 1.28 bits per heavy atom. The fourth-order valence-electron chi connectivity index (χ4n) is 2.86. The first-order chi connectivity index (χ1) is 8.79. The maximum atomic E-state index is 12.2. The van der Waals surface area contributed by atoms with Gasteiger partial charge >= 0.3 is 0 Å². The van der Waals surface area contributed by atoms with Gasteiger partial charge in [-0.15, -0.1) is 0 Å². The van der Waals surface area contributed by atoms with Crippen LogP contribution >= 0.6 is 0 Å². The van der Waals surface area contributed by atoms with Crippen molar-refractivity contribution in [2.24, 2.45) is 11.8 Å². The van der Waals surface area contributed by atoms with Crippen molar-refractivity contribution >= 4 is 5.91 Å². The van der Waals surface area contributed by atoms with Gasteiger partial charge in [-0.3, -0.25) is 4.79 Å². The highest BCUT2D eigenvalue weighted by Crippen LogP contribution is 2.30. The Bertz CT molecular complexity index is 257. The van der Waals surface area contributed by atoms with Crippen LogP contribution in [-0.2, 0) is 4.79 Å². The largest absolute Gasteiger partial charge is 0.342 e. The van der Waals surface area contributed by atoms with Crippen LogP contribution in [0.5, 0.6) is 0 Å². The summed E-state index contributed by atoms with van der Waals surface area (Å²) >= 11 is 0. The van der Waals surface area contributed by atoms with Gasteiger partial charge in [0.1, 0.15) is 0 Å². The minimum absolute atomic E-state index is 0.398. The van der Waals surface area contributed by atoms with E-state index in [1.807, 2.05) is 0 Å². The molecule has 2 fully saturated rings. The second-order valence-electron chi connectivity index (χ2n) is 6.03. The Morgan fingerprint density at radius 2 is 2.11 bits per heavy atom. The predicted octanol–water partition coefficient (Wildman–Crippen LogP) is 2.41. The monoisotopic (exact) mass is 252 g/mol. The molecule has 1 aliphatic carbocycles. The van der Waals surface area contributed by atoms with E-state index in [0.717, 1.165) is 57.3 Å². The highest BCUT2D eigenvalue weighted by Gasteiger charge is 2.26. The molecule has 1 unspecified atom stereocenters. The molecule has 1 atom stereocenters. The van der Waals surface area contributed by atoms with Gasteiger partial charge in [0.2, 0.25) is 5.91 Å². The molecule has 0 bridgehead atoms. The van der Waals surface area contributed by atoms with E-state index in [-0.39, 0.29) is 0 Å². The van der Waals surface area contributed by atoms with Gasteiger partial charge in [-0.2, -0.15) is 0 Å². The van der Waals surface area contributed by atoms with Crippen LogP contribution in [0.1, 0.15) is 51.9 Å². The van der Waals surface area contributed by atoms with Gasteiger partial charge in [0.15, 0.2) is 0 Å². The zero-order valence-corrected chi connectivity index (χ0v) is 11.8. The molecule has 0 aromatic heterocycles. The smallest absolute Gasteiger partial charge is 0.222 e. The van der Waals surface area contributed by atoms with Crippen molar-refractivity contribution in [1.82, 2.24) is 10.2 Å². The molecule has 0 spiro atoms. The minimum Gasteiger partial charge on any atom is -0.342 e. The molecule has 2 aliphatic rings. The van der Waals surface area contributed by atoms with Crippen LogP contribution in [-0.4, -0.2) is 37.0 Å². The molecule has 1 saturated carbocycles. The molecule has 0 aromatic rings. The molecule has 0 radical (unpaired) electrons. The topological polar surface area (TPSA) is 32.3 Å². The molecule has 3 heteroatoms. The fourth-order valence-corrected chi connectivity index (χ4v) is 2.86. The van der Waals surface area contributed by atoms with Crippen LogP contribution in [0.3, 0.4) is 0 Å². The van der Waals surface area contributed by atoms with Crippen LogP contribution in [0.15, 0.2) is 0 Å². The summed E-state index contributed by atoms with van der Waals surface area (Å²) in [6.45, 7) is 6.42. The summed E-state index contributed by atoms with van der Waals surface area (Å²) in [7, 11) is 0. The lowest BCUT2D eigenvalue weighted by Gasteiger charge is -2.25. The zero-order chi connectivity index (χ0) is 12.8. The van der Waals surface area contributed by atoms with E-state index >= 15 is 0 Å². The van der Waals surface area contributed by atoms with E-state index in [1.54, 1.807) is 0 Å². The van der Waals surface area contributed by atoms with Gasteiger partial charge in [-0.1, -0.05) is 6.92 Å². The second-order valence-corrected chi connectivity index (χ2v) is 6.03. The Labute approximate surface area is 111 Å². The quantitative estimate of drug-likeness (QED) is 0.754. The van der Waals surface area contributed by atoms with Gasteiger partial charge in [0, 0.05) is 19.5 Å². The average molecular weight is 252 g/mol. The number of carbonyl (C=O) groups excluding carboxylic acids is 1. The third-order valence-electron chi connectivity index (χ3n) is 4.19. The van der Waals surface area contributed by atoms with Crippen LogP contribution < -0.4 is 5.32 Å².